The molecular formula is C20H21N5O2S. The number of aryl methyl sites for hydroxylation is 1. The standard InChI is InChI=1S/C20H21N5O2S/c1-3-21-19(27)15-8-10-16(11-9-15)22-17(26)12-25-18(23-24-20(25)28)14-6-4-13(2)5-7-14/h4-11H,3,12H2,1-2H3,(H,21,27)(H,22,26)(H,24,28). The molecule has 2 amide bonds. The number of rotatable bonds is 6. The molecule has 7 nitrogen and oxygen atoms in total. The predicted molar refractivity (Wildman–Crippen MR) is 111 cm³/mol. The molecular weight excluding hydrogens is 374 g/mol. The van der Waals surface area contributed by atoms with E-state index in [1.54, 1.807) is 28.8 Å². The van der Waals surface area contributed by atoms with E-state index in [4.69, 9.17) is 12.2 Å². The average molecular weight is 395 g/mol. The Bertz CT molecular complexity index is 1040. The summed E-state index contributed by atoms with van der Waals surface area (Å²) < 4.78 is 2.02. The summed E-state index contributed by atoms with van der Waals surface area (Å²) in [7, 11) is 0. The summed E-state index contributed by atoms with van der Waals surface area (Å²) in [5.41, 5.74) is 3.15. The second kappa shape index (κ2) is 8.62. The fourth-order valence-electron chi connectivity index (χ4n) is 2.70. The maximum atomic E-state index is 12.5. The first-order valence-corrected chi connectivity index (χ1v) is 9.29. The van der Waals surface area contributed by atoms with E-state index in [1.165, 1.54) is 0 Å². The van der Waals surface area contributed by atoms with Crippen LogP contribution in [0.5, 0.6) is 0 Å². The lowest BCUT2D eigenvalue weighted by Gasteiger charge is -2.09. The molecule has 0 saturated carbocycles. The highest BCUT2D eigenvalue weighted by Gasteiger charge is 2.13. The molecule has 0 spiro atoms. The summed E-state index contributed by atoms with van der Waals surface area (Å²) in [5, 5.41) is 12.5. The number of benzene rings is 2. The van der Waals surface area contributed by atoms with Crippen molar-refractivity contribution in [3.63, 3.8) is 0 Å². The van der Waals surface area contributed by atoms with Gasteiger partial charge in [0.1, 0.15) is 6.54 Å². The van der Waals surface area contributed by atoms with Gasteiger partial charge >= 0.3 is 0 Å². The van der Waals surface area contributed by atoms with E-state index in [0.717, 1.165) is 11.1 Å². The summed E-state index contributed by atoms with van der Waals surface area (Å²) in [6, 6.07) is 14.6. The van der Waals surface area contributed by atoms with Gasteiger partial charge in [-0.1, -0.05) is 29.8 Å². The van der Waals surface area contributed by atoms with Gasteiger partial charge in [0.25, 0.3) is 5.91 Å². The summed E-state index contributed by atoms with van der Waals surface area (Å²) in [6.45, 7) is 4.45. The molecule has 0 radical (unpaired) electrons. The zero-order valence-corrected chi connectivity index (χ0v) is 16.5. The van der Waals surface area contributed by atoms with Crippen LogP contribution in [0.25, 0.3) is 11.4 Å². The van der Waals surface area contributed by atoms with Crippen LogP contribution < -0.4 is 10.6 Å². The Morgan fingerprint density at radius 3 is 2.43 bits per heavy atom. The Morgan fingerprint density at radius 2 is 1.79 bits per heavy atom. The van der Waals surface area contributed by atoms with Crippen LogP contribution in [0, 0.1) is 11.7 Å². The molecule has 0 saturated heterocycles. The Hall–Kier alpha value is -3.26. The highest BCUT2D eigenvalue weighted by atomic mass is 32.1. The minimum atomic E-state index is -0.239. The summed E-state index contributed by atoms with van der Waals surface area (Å²) in [4.78, 5) is 24.3. The Labute approximate surface area is 167 Å². The molecule has 1 heterocycles. The first-order valence-electron chi connectivity index (χ1n) is 8.88. The lowest BCUT2D eigenvalue weighted by atomic mass is 10.1. The number of nitrogens with zero attached hydrogens (tertiary/aromatic N) is 2. The van der Waals surface area contributed by atoms with Crippen molar-refractivity contribution in [3.8, 4) is 11.4 Å². The number of hydrogen-bond acceptors (Lipinski definition) is 4. The van der Waals surface area contributed by atoms with Gasteiger partial charge in [0, 0.05) is 23.4 Å². The first kappa shape index (κ1) is 19.5. The third-order valence-corrected chi connectivity index (χ3v) is 4.45. The van der Waals surface area contributed by atoms with Crippen molar-refractivity contribution >= 4 is 29.7 Å². The van der Waals surface area contributed by atoms with Crippen LogP contribution in [0.4, 0.5) is 5.69 Å². The zero-order valence-electron chi connectivity index (χ0n) is 15.7. The van der Waals surface area contributed by atoms with Gasteiger partial charge in [-0.05, 0) is 50.3 Å². The molecule has 0 bridgehead atoms. The quantitative estimate of drug-likeness (QED) is 0.559. The second-order valence-corrected chi connectivity index (χ2v) is 6.68. The van der Waals surface area contributed by atoms with Crippen LogP contribution in [-0.2, 0) is 11.3 Å². The minimum Gasteiger partial charge on any atom is -0.352 e. The summed E-state index contributed by atoms with van der Waals surface area (Å²) in [6.07, 6.45) is 0. The topological polar surface area (TPSA) is 91.8 Å². The van der Waals surface area contributed by atoms with Crippen LogP contribution in [0.1, 0.15) is 22.8 Å². The second-order valence-electron chi connectivity index (χ2n) is 6.29. The Kier molecular flexibility index (Phi) is 6.00. The van der Waals surface area contributed by atoms with Crippen LogP contribution in [0.2, 0.25) is 0 Å². The van der Waals surface area contributed by atoms with E-state index in [-0.39, 0.29) is 18.4 Å². The number of carbonyl (C=O) groups is 2. The number of carbonyl (C=O) groups excluding carboxylic acids is 2. The lowest BCUT2D eigenvalue weighted by Crippen LogP contribution is -2.22. The monoisotopic (exact) mass is 395 g/mol. The van der Waals surface area contributed by atoms with Gasteiger partial charge in [-0.2, -0.15) is 5.10 Å². The van der Waals surface area contributed by atoms with E-state index in [1.807, 2.05) is 38.1 Å². The number of anilines is 1. The number of nitrogens with one attached hydrogen (secondary N) is 3. The fraction of sp³-hybridized carbons (Fsp3) is 0.200. The van der Waals surface area contributed by atoms with E-state index in [2.05, 4.69) is 20.8 Å². The van der Waals surface area contributed by atoms with E-state index in [9.17, 15) is 9.59 Å². The zero-order chi connectivity index (χ0) is 20.1. The third kappa shape index (κ3) is 4.52. The van der Waals surface area contributed by atoms with Gasteiger partial charge in [0.2, 0.25) is 5.91 Å². The van der Waals surface area contributed by atoms with Gasteiger partial charge in [0.15, 0.2) is 10.6 Å². The van der Waals surface area contributed by atoms with Gasteiger partial charge in [-0.3, -0.25) is 19.3 Å². The fourth-order valence-corrected chi connectivity index (χ4v) is 2.90. The summed E-state index contributed by atoms with van der Waals surface area (Å²) >= 11 is 5.27. The van der Waals surface area contributed by atoms with Crippen LogP contribution >= 0.6 is 12.2 Å². The number of aromatic nitrogens is 3. The summed E-state index contributed by atoms with van der Waals surface area (Å²) in [5.74, 6) is 0.219. The molecule has 1 aromatic heterocycles. The Morgan fingerprint density at radius 1 is 1.11 bits per heavy atom. The SMILES string of the molecule is CCNC(=O)c1ccc(NC(=O)Cn2c(-c3ccc(C)cc3)n[nH]c2=S)cc1. The smallest absolute Gasteiger partial charge is 0.251 e. The highest BCUT2D eigenvalue weighted by Crippen LogP contribution is 2.18. The van der Waals surface area contributed by atoms with Gasteiger partial charge in [-0.15, -0.1) is 0 Å². The largest absolute Gasteiger partial charge is 0.352 e. The number of hydrogen-bond donors (Lipinski definition) is 3. The Balaban J connectivity index is 1.72. The number of amides is 2. The van der Waals surface area contributed by atoms with Crippen molar-refractivity contribution in [2.24, 2.45) is 0 Å². The normalized spacial score (nSPS) is 10.5. The molecule has 28 heavy (non-hydrogen) atoms. The van der Waals surface area contributed by atoms with Crippen molar-refractivity contribution < 1.29 is 9.59 Å². The molecule has 0 fully saturated rings. The lowest BCUT2D eigenvalue weighted by molar-refractivity contribution is -0.116. The predicted octanol–water partition coefficient (Wildman–Crippen LogP) is 3.30. The molecule has 0 aliphatic rings. The van der Waals surface area contributed by atoms with Crippen molar-refractivity contribution in [1.29, 1.82) is 0 Å². The van der Waals surface area contributed by atoms with E-state index in [0.29, 0.717) is 28.4 Å². The molecule has 3 aromatic rings. The van der Waals surface area contributed by atoms with Crippen LogP contribution in [-0.4, -0.2) is 33.1 Å². The third-order valence-electron chi connectivity index (χ3n) is 4.14. The van der Waals surface area contributed by atoms with Gasteiger partial charge in [-0.25, -0.2) is 0 Å². The molecule has 0 atom stereocenters. The van der Waals surface area contributed by atoms with Crippen molar-refractivity contribution in [2.75, 3.05) is 11.9 Å². The first-order chi connectivity index (χ1) is 13.5. The van der Waals surface area contributed by atoms with Crippen molar-refractivity contribution in [3.05, 3.63) is 64.4 Å². The molecule has 8 heteroatoms. The van der Waals surface area contributed by atoms with Crippen LogP contribution in [0.3, 0.4) is 0 Å². The average Bonchev–Trinajstić information content (AvgIpc) is 3.03. The maximum absolute atomic E-state index is 12.5. The maximum Gasteiger partial charge on any atom is 0.251 e. The van der Waals surface area contributed by atoms with E-state index >= 15 is 0 Å². The molecule has 3 N–H and O–H groups in total. The number of H-pyrrole nitrogens is 1. The number of aromatic amines is 1. The van der Waals surface area contributed by atoms with Gasteiger partial charge in [0.05, 0.1) is 0 Å². The van der Waals surface area contributed by atoms with Crippen molar-refractivity contribution in [1.82, 2.24) is 20.1 Å². The molecule has 0 aliphatic carbocycles. The van der Waals surface area contributed by atoms with Crippen LogP contribution in [0.15, 0.2) is 48.5 Å². The van der Waals surface area contributed by atoms with Gasteiger partial charge < -0.3 is 10.6 Å². The van der Waals surface area contributed by atoms with E-state index < -0.39 is 0 Å². The van der Waals surface area contributed by atoms with Crippen molar-refractivity contribution in [2.45, 2.75) is 20.4 Å². The molecule has 0 aliphatic heterocycles. The minimum absolute atomic E-state index is 0.0244. The molecule has 2 aromatic carbocycles. The molecule has 0 unspecified atom stereocenters. The molecule has 144 valence electrons. The molecule has 3 rings (SSSR count). The highest BCUT2D eigenvalue weighted by molar-refractivity contribution is 7.71.